The van der Waals surface area contributed by atoms with E-state index in [9.17, 15) is 4.79 Å². The van der Waals surface area contributed by atoms with Crippen molar-refractivity contribution in [2.45, 2.75) is 33.2 Å². The van der Waals surface area contributed by atoms with Gasteiger partial charge in [-0.2, -0.15) is 0 Å². The Bertz CT molecular complexity index is 641. The van der Waals surface area contributed by atoms with Gasteiger partial charge in [0.05, 0.1) is 11.6 Å². The van der Waals surface area contributed by atoms with Crippen LogP contribution in [-0.2, 0) is 12.4 Å². The summed E-state index contributed by atoms with van der Waals surface area (Å²) in [5.41, 5.74) is 3.91. The fraction of sp³-hybridized carbons (Fsp3) is 0.353. The number of nitrogens with zero attached hydrogens (tertiary/aromatic N) is 1. The van der Waals surface area contributed by atoms with Gasteiger partial charge in [0.2, 0.25) is 0 Å². The van der Waals surface area contributed by atoms with Crippen molar-refractivity contribution in [2.75, 3.05) is 0 Å². The van der Waals surface area contributed by atoms with Gasteiger partial charge in [0, 0.05) is 12.1 Å². The van der Waals surface area contributed by atoms with E-state index < -0.39 is 0 Å². The molecule has 3 heteroatoms. The molecule has 0 spiro atoms. The van der Waals surface area contributed by atoms with Gasteiger partial charge in [-0.1, -0.05) is 49.7 Å². The van der Waals surface area contributed by atoms with Gasteiger partial charge in [0.25, 0.3) is 5.56 Å². The number of hydrogen-bond donors (Lipinski definition) is 0. The van der Waals surface area contributed by atoms with Crippen LogP contribution in [0.25, 0.3) is 11.3 Å². The van der Waals surface area contributed by atoms with Crippen LogP contribution in [0.2, 0.25) is 0 Å². The lowest BCUT2D eigenvalue weighted by Crippen LogP contribution is -2.26. The van der Waals surface area contributed by atoms with Crippen LogP contribution in [0.4, 0.5) is 0 Å². The molecule has 2 rings (SSSR count). The first kappa shape index (κ1) is 14.9. The molecule has 1 heterocycles. The highest BCUT2D eigenvalue weighted by Crippen LogP contribution is 2.20. The van der Waals surface area contributed by atoms with E-state index in [0.717, 1.165) is 11.3 Å². The van der Waals surface area contributed by atoms with Crippen LogP contribution in [0.1, 0.15) is 25.0 Å². The Hall–Kier alpha value is -1.54. The highest BCUT2D eigenvalue weighted by atomic mass is 35.5. The van der Waals surface area contributed by atoms with Gasteiger partial charge in [-0.15, -0.1) is 11.6 Å². The molecule has 0 fully saturated rings. The molecule has 0 bridgehead atoms. The van der Waals surface area contributed by atoms with Crippen molar-refractivity contribution in [1.82, 2.24) is 4.57 Å². The van der Waals surface area contributed by atoms with Crippen LogP contribution in [0.15, 0.2) is 41.2 Å². The van der Waals surface area contributed by atoms with E-state index in [-0.39, 0.29) is 11.4 Å². The minimum atomic E-state index is 0.0202. The number of aromatic nitrogens is 1. The number of pyridine rings is 1. The standard InChI is InChI=1S/C17H20ClNO/c1-12(2)11-19-16(9-8-15(10-18)17(19)20)14-6-4-13(3)5-7-14/h4-9,12H,10-11H2,1-3H3. The third-order valence-corrected chi connectivity index (χ3v) is 3.58. The quantitative estimate of drug-likeness (QED) is 0.773. The molecular formula is C17H20ClNO. The fourth-order valence-corrected chi connectivity index (χ4v) is 2.45. The van der Waals surface area contributed by atoms with E-state index in [1.165, 1.54) is 5.56 Å². The van der Waals surface area contributed by atoms with E-state index in [0.29, 0.717) is 18.0 Å². The zero-order valence-corrected chi connectivity index (χ0v) is 12.9. The minimum Gasteiger partial charge on any atom is -0.308 e. The second kappa shape index (κ2) is 6.27. The largest absolute Gasteiger partial charge is 0.308 e. The van der Waals surface area contributed by atoms with Crippen molar-refractivity contribution < 1.29 is 0 Å². The van der Waals surface area contributed by atoms with Gasteiger partial charge in [-0.3, -0.25) is 4.79 Å². The lowest BCUT2D eigenvalue weighted by Gasteiger charge is -2.16. The molecule has 0 aliphatic rings. The van der Waals surface area contributed by atoms with E-state index in [2.05, 4.69) is 45.0 Å². The second-order valence-electron chi connectivity index (χ2n) is 5.55. The summed E-state index contributed by atoms with van der Waals surface area (Å²) in [7, 11) is 0. The molecular weight excluding hydrogens is 270 g/mol. The summed E-state index contributed by atoms with van der Waals surface area (Å²) in [4.78, 5) is 12.5. The van der Waals surface area contributed by atoms with Crippen LogP contribution in [0.3, 0.4) is 0 Å². The first-order valence-corrected chi connectivity index (χ1v) is 7.42. The Morgan fingerprint density at radius 1 is 1.10 bits per heavy atom. The maximum atomic E-state index is 12.5. The summed E-state index contributed by atoms with van der Waals surface area (Å²) < 4.78 is 1.84. The van der Waals surface area contributed by atoms with Crippen LogP contribution in [0, 0.1) is 12.8 Å². The average Bonchev–Trinajstić information content (AvgIpc) is 2.42. The number of benzene rings is 1. The second-order valence-corrected chi connectivity index (χ2v) is 5.82. The first-order chi connectivity index (χ1) is 9.52. The molecule has 0 radical (unpaired) electrons. The highest BCUT2D eigenvalue weighted by Gasteiger charge is 2.11. The molecule has 0 N–H and O–H groups in total. The number of aryl methyl sites for hydroxylation is 1. The Labute approximate surface area is 125 Å². The summed E-state index contributed by atoms with van der Waals surface area (Å²) in [5.74, 6) is 0.660. The number of rotatable bonds is 4. The predicted molar refractivity (Wildman–Crippen MR) is 85.3 cm³/mol. The molecule has 2 nitrogen and oxygen atoms in total. The normalized spacial score (nSPS) is 11.1. The summed E-state index contributed by atoms with van der Waals surface area (Å²) in [5, 5.41) is 0. The maximum Gasteiger partial charge on any atom is 0.255 e. The summed E-state index contributed by atoms with van der Waals surface area (Å²) in [6, 6.07) is 12.1. The molecule has 0 saturated heterocycles. The van der Waals surface area contributed by atoms with Crippen molar-refractivity contribution in [3.05, 3.63) is 57.9 Å². The molecule has 2 aromatic rings. The van der Waals surface area contributed by atoms with Gasteiger partial charge in [-0.05, 0) is 24.5 Å². The van der Waals surface area contributed by atoms with Crippen molar-refractivity contribution in [1.29, 1.82) is 0 Å². The first-order valence-electron chi connectivity index (χ1n) is 6.88. The van der Waals surface area contributed by atoms with Crippen molar-refractivity contribution in [3.8, 4) is 11.3 Å². The van der Waals surface area contributed by atoms with Gasteiger partial charge in [0.15, 0.2) is 0 Å². The number of hydrogen-bond acceptors (Lipinski definition) is 1. The molecule has 0 amide bonds. The van der Waals surface area contributed by atoms with Crippen LogP contribution in [0.5, 0.6) is 0 Å². The molecule has 106 valence electrons. The van der Waals surface area contributed by atoms with E-state index >= 15 is 0 Å². The summed E-state index contributed by atoms with van der Waals surface area (Å²) in [6.45, 7) is 6.98. The van der Waals surface area contributed by atoms with Crippen LogP contribution < -0.4 is 5.56 Å². The van der Waals surface area contributed by atoms with Crippen LogP contribution in [-0.4, -0.2) is 4.57 Å². The molecule has 0 aliphatic carbocycles. The van der Waals surface area contributed by atoms with Gasteiger partial charge in [-0.25, -0.2) is 0 Å². The molecule has 20 heavy (non-hydrogen) atoms. The Balaban J connectivity index is 2.60. The molecule has 1 aromatic carbocycles. The zero-order chi connectivity index (χ0) is 14.7. The summed E-state index contributed by atoms with van der Waals surface area (Å²) >= 11 is 5.85. The molecule has 0 unspecified atom stereocenters. The highest BCUT2D eigenvalue weighted by molar-refractivity contribution is 6.17. The predicted octanol–water partition coefficient (Wildman–Crippen LogP) is 4.22. The third kappa shape index (κ3) is 3.13. The van der Waals surface area contributed by atoms with Gasteiger partial charge in [0.1, 0.15) is 0 Å². The average molecular weight is 290 g/mol. The van der Waals surface area contributed by atoms with E-state index in [1.54, 1.807) is 0 Å². The van der Waals surface area contributed by atoms with Crippen molar-refractivity contribution >= 4 is 11.6 Å². The lowest BCUT2D eigenvalue weighted by molar-refractivity contribution is 0.513. The minimum absolute atomic E-state index is 0.0202. The Morgan fingerprint density at radius 2 is 1.75 bits per heavy atom. The Morgan fingerprint density at radius 3 is 2.30 bits per heavy atom. The van der Waals surface area contributed by atoms with E-state index in [4.69, 9.17) is 11.6 Å². The topological polar surface area (TPSA) is 22.0 Å². The number of halogens is 1. The lowest BCUT2D eigenvalue weighted by atomic mass is 10.1. The number of alkyl halides is 1. The molecule has 0 saturated carbocycles. The molecule has 0 atom stereocenters. The van der Waals surface area contributed by atoms with Crippen molar-refractivity contribution in [2.24, 2.45) is 5.92 Å². The third-order valence-electron chi connectivity index (χ3n) is 3.29. The van der Waals surface area contributed by atoms with E-state index in [1.807, 2.05) is 16.7 Å². The Kier molecular flexibility index (Phi) is 4.66. The van der Waals surface area contributed by atoms with Gasteiger partial charge < -0.3 is 4.57 Å². The maximum absolute atomic E-state index is 12.5. The fourth-order valence-electron chi connectivity index (χ4n) is 2.25. The SMILES string of the molecule is Cc1ccc(-c2ccc(CCl)c(=O)n2CC(C)C)cc1. The van der Waals surface area contributed by atoms with Crippen LogP contribution >= 0.6 is 11.6 Å². The van der Waals surface area contributed by atoms with Gasteiger partial charge >= 0.3 is 0 Å². The molecule has 0 aliphatic heterocycles. The smallest absolute Gasteiger partial charge is 0.255 e. The monoisotopic (exact) mass is 289 g/mol. The zero-order valence-electron chi connectivity index (χ0n) is 12.2. The molecule has 1 aromatic heterocycles. The van der Waals surface area contributed by atoms with Crippen molar-refractivity contribution in [3.63, 3.8) is 0 Å². The summed E-state index contributed by atoms with van der Waals surface area (Å²) in [6.07, 6.45) is 0.